The van der Waals surface area contributed by atoms with Crippen LogP contribution in [0.15, 0.2) is 0 Å². The van der Waals surface area contributed by atoms with Gasteiger partial charge < -0.3 is 5.32 Å². The van der Waals surface area contributed by atoms with E-state index in [1.165, 1.54) is 19.5 Å². The van der Waals surface area contributed by atoms with Crippen molar-refractivity contribution in [3.63, 3.8) is 0 Å². The topological polar surface area (TPSA) is 41.3 Å². The van der Waals surface area contributed by atoms with Crippen LogP contribution < -0.4 is 11.2 Å². The maximum absolute atomic E-state index is 5.54. The molecule has 0 saturated carbocycles. The summed E-state index contributed by atoms with van der Waals surface area (Å²) in [7, 11) is 0. The van der Waals surface area contributed by atoms with Gasteiger partial charge in [-0.2, -0.15) is 0 Å². The van der Waals surface area contributed by atoms with Gasteiger partial charge in [0.1, 0.15) is 0 Å². The molecule has 2 rings (SSSR count). The van der Waals surface area contributed by atoms with Crippen LogP contribution in [0.4, 0.5) is 0 Å². The standard InChI is InChI=1S/C6H13N3/c7-9-4-6(5-9)1-2-8-3-6/h8H,1-5,7H2. The summed E-state index contributed by atoms with van der Waals surface area (Å²) in [5.41, 5.74) is 0.578. The largest absolute Gasteiger partial charge is 0.316 e. The van der Waals surface area contributed by atoms with E-state index in [-0.39, 0.29) is 0 Å². The molecule has 2 fully saturated rings. The summed E-state index contributed by atoms with van der Waals surface area (Å²) in [6.45, 7) is 4.56. The molecular formula is C6H13N3. The summed E-state index contributed by atoms with van der Waals surface area (Å²) in [6, 6.07) is 0. The Morgan fingerprint density at radius 2 is 2.22 bits per heavy atom. The lowest BCUT2D eigenvalue weighted by Gasteiger charge is -2.44. The maximum atomic E-state index is 5.54. The fourth-order valence-electron chi connectivity index (χ4n) is 1.88. The number of nitrogens with zero attached hydrogens (tertiary/aromatic N) is 1. The summed E-state index contributed by atoms with van der Waals surface area (Å²) >= 11 is 0. The van der Waals surface area contributed by atoms with Crippen molar-refractivity contribution in [2.45, 2.75) is 6.42 Å². The molecule has 0 aromatic carbocycles. The minimum Gasteiger partial charge on any atom is -0.316 e. The average Bonchev–Trinajstić information content (AvgIpc) is 2.12. The Morgan fingerprint density at radius 1 is 1.44 bits per heavy atom. The lowest BCUT2D eigenvalue weighted by Crippen LogP contribution is -2.60. The Morgan fingerprint density at radius 3 is 2.67 bits per heavy atom. The number of nitrogens with two attached hydrogens (primary N) is 1. The smallest absolute Gasteiger partial charge is 0.0210 e. The van der Waals surface area contributed by atoms with Crippen LogP contribution in [-0.2, 0) is 0 Å². The molecule has 0 aromatic heterocycles. The van der Waals surface area contributed by atoms with E-state index in [2.05, 4.69) is 5.32 Å². The SMILES string of the molecule is NN1CC2(CCNC2)C1. The second-order valence-corrected chi connectivity index (χ2v) is 3.33. The van der Waals surface area contributed by atoms with Gasteiger partial charge in [0.15, 0.2) is 0 Å². The minimum atomic E-state index is 0.578. The van der Waals surface area contributed by atoms with Crippen molar-refractivity contribution in [2.24, 2.45) is 11.3 Å². The van der Waals surface area contributed by atoms with Gasteiger partial charge in [0.2, 0.25) is 0 Å². The van der Waals surface area contributed by atoms with E-state index in [4.69, 9.17) is 5.84 Å². The predicted molar refractivity (Wildman–Crippen MR) is 35.7 cm³/mol. The van der Waals surface area contributed by atoms with Crippen molar-refractivity contribution in [3.05, 3.63) is 0 Å². The first-order chi connectivity index (χ1) is 4.31. The zero-order valence-corrected chi connectivity index (χ0v) is 5.56. The van der Waals surface area contributed by atoms with Crippen molar-refractivity contribution in [1.29, 1.82) is 0 Å². The summed E-state index contributed by atoms with van der Waals surface area (Å²) in [4.78, 5) is 0. The van der Waals surface area contributed by atoms with E-state index in [0.29, 0.717) is 5.41 Å². The molecule has 52 valence electrons. The Balaban J connectivity index is 1.95. The first-order valence-corrected chi connectivity index (χ1v) is 3.51. The second-order valence-electron chi connectivity index (χ2n) is 3.33. The first kappa shape index (κ1) is 5.65. The van der Waals surface area contributed by atoms with Crippen LogP contribution in [0.25, 0.3) is 0 Å². The van der Waals surface area contributed by atoms with Gasteiger partial charge >= 0.3 is 0 Å². The number of hydrazine groups is 1. The molecule has 1 spiro atoms. The monoisotopic (exact) mass is 127 g/mol. The molecule has 0 amide bonds. The van der Waals surface area contributed by atoms with Crippen LogP contribution in [0, 0.1) is 5.41 Å². The highest BCUT2D eigenvalue weighted by atomic mass is 15.4. The van der Waals surface area contributed by atoms with Gasteiger partial charge in [-0.05, 0) is 13.0 Å². The molecule has 3 nitrogen and oxygen atoms in total. The van der Waals surface area contributed by atoms with Crippen molar-refractivity contribution < 1.29 is 0 Å². The van der Waals surface area contributed by atoms with E-state index < -0.39 is 0 Å². The van der Waals surface area contributed by atoms with E-state index in [1.54, 1.807) is 0 Å². The molecule has 3 N–H and O–H groups in total. The van der Waals surface area contributed by atoms with Crippen molar-refractivity contribution in [3.8, 4) is 0 Å². The molecule has 2 saturated heterocycles. The van der Waals surface area contributed by atoms with E-state index in [0.717, 1.165) is 13.1 Å². The quantitative estimate of drug-likeness (QED) is 0.417. The lowest BCUT2D eigenvalue weighted by atomic mass is 9.80. The molecule has 2 aliphatic rings. The third kappa shape index (κ3) is 0.764. The van der Waals surface area contributed by atoms with Crippen LogP contribution >= 0.6 is 0 Å². The molecular weight excluding hydrogens is 114 g/mol. The number of nitrogens with one attached hydrogen (secondary N) is 1. The molecule has 2 aliphatic heterocycles. The highest BCUT2D eigenvalue weighted by molar-refractivity contribution is 4.98. The van der Waals surface area contributed by atoms with E-state index in [9.17, 15) is 0 Å². The zero-order valence-electron chi connectivity index (χ0n) is 5.56. The van der Waals surface area contributed by atoms with E-state index in [1.807, 2.05) is 5.01 Å². The van der Waals surface area contributed by atoms with Crippen LogP contribution in [-0.4, -0.2) is 31.2 Å². The number of rotatable bonds is 0. The van der Waals surface area contributed by atoms with Gasteiger partial charge in [-0.1, -0.05) is 0 Å². The van der Waals surface area contributed by atoms with Crippen molar-refractivity contribution >= 4 is 0 Å². The summed E-state index contributed by atoms with van der Waals surface area (Å²) in [6.07, 6.45) is 1.32. The molecule has 0 aromatic rings. The first-order valence-electron chi connectivity index (χ1n) is 3.51. The van der Waals surface area contributed by atoms with Gasteiger partial charge in [0.05, 0.1) is 0 Å². The summed E-state index contributed by atoms with van der Waals surface area (Å²) in [5.74, 6) is 5.54. The van der Waals surface area contributed by atoms with Crippen LogP contribution in [0.1, 0.15) is 6.42 Å². The molecule has 0 bridgehead atoms. The molecule has 3 heteroatoms. The van der Waals surface area contributed by atoms with Gasteiger partial charge in [-0.3, -0.25) is 5.84 Å². The third-order valence-electron chi connectivity index (χ3n) is 2.41. The Kier molecular flexibility index (Phi) is 1.06. The Labute approximate surface area is 55.2 Å². The van der Waals surface area contributed by atoms with Gasteiger partial charge in [-0.15, -0.1) is 0 Å². The second kappa shape index (κ2) is 1.68. The summed E-state index contributed by atoms with van der Waals surface area (Å²) < 4.78 is 0. The van der Waals surface area contributed by atoms with Gasteiger partial charge in [-0.25, -0.2) is 5.01 Å². The molecule has 0 atom stereocenters. The average molecular weight is 127 g/mol. The van der Waals surface area contributed by atoms with Gasteiger partial charge in [0.25, 0.3) is 0 Å². The Hall–Kier alpha value is -0.120. The van der Waals surface area contributed by atoms with Crippen LogP contribution in [0.3, 0.4) is 0 Å². The molecule has 9 heavy (non-hydrogen) atoms. The summed E-state index contributed by atoms with van der Waals surface area (Å²) in [5, 5.41) is 5.25. The van der Waals surface area contributed by atoms with Crippen molar-refractivity contribution in [2.75, 3.05) is 26.2 Å². The number of hydrogen-bond donors (Lipinski definition) is 2. The van der Waals surface area contributed by atoms with Gasteiger partial charge in [0, 0.05) is 25.0 Å². The third-order valence-corrected chi connectivity index (χ3v) is 2.41. The lowest BCUT2D eigenvalue weighted by molar-refractivity contribution is 0.0167. The fraction of sp³-hybridized carbons (Fsp3) is 1.00. The fourth-order valence-corrected chi connectivity index (χ4v) is 1.88. The minimum absolute atomic E-state index is 0.578. The molecule has 0 radical (unpaired) electrons. The molecule has 2 heterocycles. The molecule has 0 aliphatic carbocycles. The highest BCUT2D eigenvalue weighted by Gasteiger charge is 2.43. The van der Waals surface area contributed by atoms with E-state index >= 15 is 0 Å². The number of hydrogen-bond acceptors (Lipinski definition) is 3. The normalized spacial score (nSPS) is 33.0. The highest BCUT2D eigenvalue weighted by Crippen LogP contribution is 2.33. The van der Waals surface area contributed by atoms with Crippen molar-refractivity contribution in [1.82, 2.24) is 10.3 Å². The maximum Gasteiger partial charge on any atom is 0.0210 e. The van der Waals surface area contributed by atoms with Crippen LogP contribution in [0.2, 0.25) is 0 Å². The van der Waals surface area contributed by atoms with Crippen LogP contribution in [0.5, 0.6) is 0 Å². The molecule has 0 unspecified atom stereocenters. The zero-order chi connectivity index (χ0) is 6.32. The predicted octanol–water partition coefficient (Wildman–Crippen LogP) is -0.845. The Bertz CT molecular complexity index is 109.